The SMILES string of the molecule is [B]=C(N[C@H](CC)c1ccccc1)c1ccc2c(c1)/C(=C/c1[nH]c(C)c(C(=O)NCCN(CC)CC)c1C)C(=O)N2. The van der Waals surface area contributed by atoms with Gasteiger partial charge in [0.1, 0.15) is 0 Å². The van der Waals surface area contributed by atoms with Gasteiger partial charge in [0.25, 0.3) is 0 Å². The molecule has 3 aromatic rings. The molecule has 1 aliphatic heterocycles. The topological polar surface area (TPSA) is 89.3 Å². The van der Waals surface area contributed by atoms with Gasteiger partial charge in [-0.25, -0.2) is 0 Å². The van der Waals surface area contributed by atoms with Crippen molar-refractivity contribution in [2.45, 2.75) is 47.1 Å². The molecule has 2 heterocycles. The van der Waals surface area contributed by atoms with Crippen LogP contribution in [0.25, 0.3) is 11.6 Å². The van der Waals surface area contributed by atoms with E-state index in [2.05, 4.69) is 58.7 Å². The number of anilines is 1. The second-order valence-corrected chi connectivity index (χ2v) is 10.1. The Morgan fingerprint density at radius 1 is 1.07 bits per heavy atom. The number of nitrogens with zero attached hydrogens (tertiary/aromatic N) is 1. The zero-order valence-corrected chi connectivity index (χ0v) is 24.2. The number of aryl methyl sites for hydroxylation is 1. The van der Waals surface area contributed by atoms with E-state index in [0.717, 1.165) is 65.4 Å². The predicted molar refractivity (Wildman–Crippen MR) is 166 cm³/mol. The van der Waals surface area contributed by atoms with Gasteiger partial charge in [-0.2, -0.15) is 0 Å². The quantitative estimate of drug-likeness (QED) is 0.202. The number of carbonyl (C=O) groups excluding carboxylic acids is 2. The molecule has 1 atom stereocenters. The van der Waals surface area contributed by atoms with Crippen LogP contribution in [0, 0.1) is 13.8 Å². The molecule has 0 bridgehead atoms. The van der Waals surface area contributed by atoms with E-state index in [9.17, 15) is 9.59 Å². The van der Waals surface area contributed by atoms with Crippen molar-refractivity contribution in [1.82, 2.24) is 20.5 Å². The third-order valence-corrected chi connectivity index (χ3v) is 7.65. The summed E-state index contributed by atoms with van der Waals surface area (Å²) in [6, 6.07) is 16.0. The molecule has 2 aromatic carbocycles. The molecule has 207 valence electrons. The summed E-state index contributed by atoms with van der Waals surface area (Å²) in [4.78, 5) is 31.6. The molecular weight excluding hydrogens is 497 g/mol. The van der Waals surface area contributed by atoms with Gasteiger partial charge in [0, 0.05) is 6.54 Å². The van der Waals surface area contributed by atoms with E-state index < -0.39 is 0 Å². The number of aromatic nitrogens is 1. The normalized spacial score (nSPS) is 14.2. The molecule has 2 amide bonds. The number of aromatic amines is 1. The molecular formula is C32H39BN5O2. The van der Waals surface area contributed by atoms with Crippen molar-refractivity contribution in [2.24, 2.45) is 0 Å². The van der Waals surface area contributed by atoms with E-state index in [4.69, 9.17) is 7.49 Å². The molecule has 1 aromatic heterocycles. The van der Waals surface area contributed by atoms with Crippen molar-refractivity contribution in [3.63, 3.8) is 0 Å². The third kappa shape index (κ3) is 6.28. The fourth-order valence-electron chi connectivity index (χ4n) is 5.24. The molecule has 7 nitrogen and oxygen atoms in total. The first-order chi connectivity index (χ1) is 19.3. The number of benzene rings is 2. The number of H-pyrrole nitrogens is 1. The molecule has 0 saturated heterocycles. The minimum atomic E-state index is -0.189. The second kappa shape index (κ2) is 13.0. The van der Waals surface area contributed by atoms with Gasteiger partial charge >= 0.3 is 200 Å². The van der Waals surface area contributed by atoms with Gasteiger partial charge in [0.2, 0.25) is 0 Å². The van der Waals surface area contributed by atoms with Crippen LogP contribution in [0.2, 0.25) is 0 Å². The van der Waals surface area contributed by atoms with Crippen molar-refractivity contribution in [3.8, 4) is 0 Å². The molecule has 1 aliphatic rings. The van der Waals surface area contributed by atoms with Crippen LogP contribution in [0.5, 0.6) is 0 Å². The van der Waals surface area contributed by atoms with Crippen LogP contribution in [0.3, 0.4) is 0 Å². The van der Waals surface area contributed by atoms with Crippen LogP contribution in [0.4, 0.5) is 5.69 Å². The summed E-state index contributed by atoms with van der Waals surface area (Å²) in [5.74, 6) is -0.301. The second-order valence-electron chi connectivity index (χ2n) is 10.1. The van der Waals surface area contributed by atoms with Gasteiger partial charge in [-0.15, -0.1) is 0 Å². The molecule has 0 aliphatic carbocycles. The molecule has 0 fully saturated rings. The number of carbonyl (C=O) groups is 2. The van der Waals surface area contributed by atoms with Crippen LogP contribution in [0.15, 0.2) is 48.5 Å². The van der Waals surface area contributed by atoms with Gasteiger partial charge in [-0.1, -0.05) is 13.8 Å². The maximum atomic E-state index is 13.0. The molecule has 8 heteroatoms. The Morgan fingerprint density at radius 3 is 2.48 bits per heavy atom. The number of nitrogens with one attached hydrogen (secondary N) is 4. The van der Waals surface area contributed by atoms with E-state index in [1.165, 1.54) is 0 Å². The zero-order chi connectivity index (χ0) is 28.8. The Bertz CT molecular complexity index is 1420. The number of hydrogen-bond acceptors (Lipinski definition) is 4. The summed E-state index contributed by atoms with van der Waals surface area (Å²) in [5.41, 5.74) is 7.49. The van der Waals surface area contributed by atoms with Crippen LogP contribution in [-0.4, -0.2) is 61.0 Å². The summed E-state index contributed by atoms with van der Waals surface area (Å²) >= 11 is 0. The molecule has 4 N–H and O–H groups in total. The summed E-state index contributed by atoms with van der Waals surface area (Å²) in [6.45, 7) is 13.4. The summed E-state index contributed by atoms with van der Waals surface area (Å²) in [7, 11) is 6.52. The number of rotatable bonds is 12. The van der Waals surface area contributed by atoms with E-state index in [-0.39, 0.29) is 17.9 Å². The first-order valence-electron chi connectivity index (χ1n) is 14.1. The predicted octanol–water partition coefficient (Wildman–Crippen LogP) is 4.58. The van der Waals surface area contributed by atoms with Crippen LogP contribution in [0.1, 0.15) is 77.2 Å². The van der Waals surface area contributed by atoms with E-state index in [1.807, 2.05) is 56.3 Å². The molecule has 40 heavy (non-hydrogen) atoms. The summed E-state index contributed by atoms with van der Waals surface area (Å²) < 4.78 is 0. The summed E-state index contributed by atoms with van der Waals surface area (Å²) in [6.07, 6.45) is 2.69. The number of likely N-dealkylation sites (N-methyl/N-ethyl adjacent to an activating group) is 1. The van der Waals surface area contributed by atoms with Gasteiger partial charge in [0.15, 0.2) is 0 Å². The van der Waals surface area contributed by atoms with E-state index in [0.29, 0.717) is 23.3 Å². The zero-order valence-electron chi connectivity index (χ0n) is 24.2. The molecule has 0 unspecified atom stereocenters. The molecule has 0 spiro atoms. The van der Waals surface area contributed by atoms with Crippen molar-refractivity contribution >= 4 is 42.2 Å². The average Bonchev–Trinajstić information content (AvgIpc) is 3.43. The summed E-state index contributed by atoms with van der Waals surface area (Å²) in [5, 5.41) is 9.43. The van der Waals surface area contributed by atoms with Crippen molar-refractivity contribution in [2.75, 3.05) is 31.5 Å². The van der Waals surface area contributed by atoms with Gasteiger partial charge in [-0.05, 0) is 13.1 Å². The van der Waals surface area contributed by atoms with Gasteiger partial charge in [-0.3, -0.25) is 0 Å². The Hall–Kier alpha value is -3.91. The first-order valence-corrected chi connectivity index (χ1v) is 14.1. The van der Waals surface area contributed by atoms with E-state index in [1.54, 1.807) is 0 Å². The number of amides is 2. The molecule has 1 radical (unpaired) electrons. The Kier molecular flexibility index (Phi) is 9.43. The van der Waals surface area contributed by atoms with Crippen molar-refractivity contribution in [3.05, 3.63) is 87.7 Å². The third-order valence-electron chi connectivity index (χ3n) is 7.65. The fourth-order valence-corrected chi connectivity index (χ4v) is 5.24. The number of fused-ring (bicyclic) bond motifs is 1. The van der Waals surface area contributed by atoms with Gasteiger partial charge < -0.3 is 4.90 Å². The molecule has 0 saturated carbocycles. The van der Waals surface area contributed by atoms with E-state index >= 15 is 0 Å². The fraction of sp³-hybridized carbons (Fsp3) is 0.344. The molecule has 4 rings (SSSR count). The van der Waals surface area contributed by atoms with Crippen LogP contribution < -0.4 is 16.0 Å². The maximum absolute atomic E-state index is 13.0. The standard InChI is InChI=1S/C32H39BN5O2/c1-6-26(22-12-10-9-11-13-22)36-30(33)23-14-15-27-24(18-23)25(31(39)37-27)19-28-20(4)29(21(5)35-28)32(40)34-16-17-38(7-2)8-3/h9-15,18-19,26,35-36H,6-8,16-17H2,1-5H3,(H,34,40)(H,37,39)/b25-19-/t26-/m1/s1. The van der Waals surface area contributed by atoms with Crippen molar-refractivity contribution in [1.29, 1.82) is 0 Å². The number of hydrogen-bond donors (Lipinski definition) is 4. The van der Waals surface area contributed by atoms with Crippen molar-refractivity contribution < 1.29 is 9.59 Å². The average molecular weight is 537 g/mol. The minimum absolute atomic E-state index is 0.0744. The van der Waals surface area contributed by atoms with Crippen LogP contribution in [-0.2, 0) is 4.79 Å². The van der Waals surface area contributed by atoms with Gasteiger partial charge in [0.05, 0.1) is 0 Å². The Morgan fingerprint density at radius 2 is 1.80 bits per heavy atom. The van der Waals surface area contributed by atoms with Crippen LogP contribution >= 0.6 is 0 Å². The Balaban J connectivity index is 1.56. The monoisotopic (exact) mass is 536 g/mol. The first kappa shape index (κ1) is 29.1. The Labute approximate surface area is 238 Å².